The van der Waals surface area contributed by atoms with Crippen molar-refractivity contribution in [2.24, 2.45) is 5.73 Å². The second kappa shape index (κ2) is 15.4. The molecule has 24 nitrogen and oxygen atoms in total. The van der Waals surface area contributed by atoms with Gasteiger partial charge in [0, 0.05) is 35.6 Å². The third kappa shape index (κ3) is 9.33. The fraction of sp³-hybridized carbons (Fsp3) is 0.476. The topological polar surface area (TPSA) is 365 Å². The van der Waals surface area contributed by atoms with Gasteiger partial charge in [-0.1, -0.05) is 0 Å². The number of anilines is 1. The summed E-state index contributed by atoms with van der Waals surface area (Å²) in [5.74, 6) is -0.832. The number of phosphoric acid groups is 3. The fourth-order valence-electron chi connectivity index (χ4n) is 4.85. The number of nitrogens with two attached hydrogens (primary N) is 2. The number of rotatable bonds is 13. The first-order valence-electron chi connectivity index (χ1n) is 13.3. The fourth-order valence-corrected chi connectivity index (χ4v) is 7.52. The average molecular weight is 767 g/mol. The minimum Gasteiger partial charge on any atom is -0.387 e. The second-order valence-corrected chi connectivity index (χ2v) is 14.5. The molecule has 49 heavy (non-hydrogen) atoms. The molecule has 3 aromatic heterocycles. The van der Waals surface area contributed by atoms with Crippen LogP contribution in [0.1, 0.15) is 22.8 Å². The van der Waals surface area contributed by atoms with Gasteiger partial charge in [-0.15, -0.1) is 0 Å². The Labute approximate surface area is 296 Å². The molecule has 0 aromatic carbocycles. The number of pyridine rings is 1. The van der Waals surface area contributed by atoms with Crippen molar-refractivity contribution in [2.75, 3.05) is 18.9 Å². The van der Waals surface area contributed by atoms with E-state index < -0.39 is 91.7 Å². The number of phosphoric ester groups is 3. The van der Waals surface area contributed by atoms with Gasteiger partial charge in [0.1, 0.15) is 47.9 Å². The number of aliphatic hydroxyl groups is 3. The predicted molar refractivity (Wildman–Crippen MR) is 156 cm³/mol. The van der Waals surface area contributed by atoms with Crippen LogP contribution < -0.4 is 16.0 Å². The largest absolute Gasteiger partial charge is 0.481 e. The second-order valence-electron chi connectivity index (χ2n) is 10.3. The van der Waals surface area contributed by atoms with Crippen LogP contribution in [0.3, 0.4) is 0 Å². The minimum atomic E-state index is -5.56. The maximum Gasteiger partial charge on any atom is 0.481 e. The van der Waals surface area contributed by atoms with E-state index in [1.807, 2.05) is 0 Å². The van der Waals surface area contributed by atoms with Gasteiger partial charge in [-0.25, -0.2) is 28.6 Å². The zero-order chi connectivity index (χ0) is 35.2. The number of hydrogen-bond acceptors (Lipinski definition) is 17. The van der Waals surface area contributed by atoms with Crippen LogP contribution in [-0.2, 0) is 41.1 Å². The molecule has 10 atom stereocenters. The molecule has 28 heteroatoms. The minimum absolute atomic E-state index is 0. The van der Waals surface area contributed by atoms with E-state index in [9.17, 15) is 53.4 Å². The summed E-state index contributed by atoms with van der Waals surface area (Å²) in [5, 5.41) is 31.6. The summed E-state index contributed by atoms with van der Waals surface area (Å²) in [6.07, 6.45) is -8.38. The third-order valence-corrected chi connectivity index (χ3v) is 10.1. The molecule has 10 unspecified atom stereocenters. The average Bonchev–Trinajstić information content (AvgIpc) is 3.64. The van der Waals surface area contributed by atoms with E-state index in [1.54, 1.807) is 0 Å². The number of nitrogen functional groups attached to an aromatic ring is 1. The Morgan fingerprint density at radius 3 is 2.24 bits per heavy atom. The number of ether oxygens (including phenoxy) is 2. The van der Waals surface area contributed by atoms with Gasteiger partial charge in [-0.05, 0) is 6.07 Å². The summed E-state index contributed by atoms with van der Waals surface area (Å²) < 4.78 is 68.4. The number of amides is 1. The van der Waals surface area contributed by atoms with Crippen LogP contribution in [0.2, 0.25) is 0 Å². The monoisotopic (exact) mass is 767 g/mol. The van der Waals surface area contributed by atoms with E-state index >= 15 is 0 Å². The first kappa shape index (κ1) is 39.9. The molecule has 0 bridgehead atoms. The molecular formula is C21H29N7NaO17P3+. The van der Waals surface area contributed by atoms with Crippen LogP contribution in [-0.4, -0.2) is 140 Å². The van der Waals surface area contributed by atoms with Crippen LogP contribution in [0.5, 0.6) is 0 Å². The van der Waals surface area contributed by atoms with Gasteiger partial charge in [0.2, 0.25) is 0 Å². The van der Waals surface area contributed by atoms with Crippen LogP contribution in [0.25, 0.3) is 11.2 Å². The number of carbonyl (C=O) groups excluding carboxylic acids is 1. The van der Waals surface area contributed by atoms with Crippen molar-refractivity contribution in [3.8, 4) is 0 Å². The quantitative estimate of drug-likeness (QED) is 0.0468. The zero-order valence-corrected chi connectivity index (χ0v) is 29.6. The molecule has 265 valence electrons. The van der Waals surface area contributed by atoms with Crippen molar-refractivity contribution < 1.29 is 85.3 Å². The summed E-state index contributed by atoms with van der Waals surface area (Å²) in [4.78, 5) is 62.2. The van der Waals surface area contributed by atoms with Crippen LogP contribution >= 0.6 is 23.5 Å². The Morgan fingerprint density at radius 2 is 1.61 bits per heavy atom. The molecular weight excluding hydrogens is 738 g/mol. The number of nitrogens with zero attached hydrogens (tertiary/aromatic N) is 5. The number of primary amides is 1. The Kier molecular flexibility index (Phi) is 12.5. The van der Waals surface area contributed by atoms with E-state index in [2.05, 4.69) is 28.3 Å². The molecule has 1 amide bonds. The third-order valence-electron chi connectivity index (χ3n) is 6.98. The Morgan fingerprint density at radius 1 is 0.959 bits per heavy atom. The molecule has 2 aliphatic heterocycles. The van der Waals surface area contributed by atoms with E-state index in [-0.39, 0.29) is 52.1 Å². The summed E-state index contributed by atoms with van der Waals surface area (Å²) in [5.41, 5.74) is 11.2. The summed E-state index contributed by atoms with van der Waals surface area (Å²) in [7, 11) is -16.4. The smallest absolute Gasteiger partial charge is 0.387 e. The van der Waals surface area contributed by atoms with Gasteiger partial charge >= 0.3 is 23.5 Å². The number of aromatic nitrogens is 5. The van der Waals surface area contributed by atoms with Gasteiger partial charge in [0.15, 0.2) is 36.2 Å². The van der Waals surface area contributed by atoms with Crippen molar-refractivity contribution in [1.29, 1.82) is 0 Å². The van der Waals surface area contributed by atoms with Gasteiger partial charge < -0.3 is 55.8 Å². The summed E-state index contributed by atoms with van der Waals surface area (Å²) in [6, 6.07) is 2.79. The van der Waals surface area contributed by atoms with Crippen molar-refractivity contribution in [3.63, 3.8) is 0 Å². The van der Waals surface area contributed by atoms with Crippen LogP contribution in [0, 0.1) is 0 Å². The number of hydrogen-bond donors (Lipinski definition) is 9. The zero-order valence-electron chi connectivity index (χ0n) is 24.9. The Balaban J connectivity index is 0.00000541. The SMILES string of the molecule is NC(=O)c1ccc[n+](C2OC(COP(=O)(O)OP(=O)(O)OCC3OC(n4cnc5c(N)ncnc54)C(O)C3OP(=O)(O)O)C(O)C2O)c1.[Na]. The number of carbonyl (C=O) groups is 1. The van der Waals surface area contributed by atoms with Crippen molar-refractivity contribution in [3.05, 3.63) is 42.7 Å². The maximum absolute atomic E-state index is 12.6. The predicted octanol–water partition coefficient (Wildman–Crippen LogP) is -3.28. The van der Waals surface area contributed by atoms with Gasteiger partial charge in [0.25, 0.3) is 12.1 Å². The van der Waals surface area contributed by atoms with Crippen molar-refractivity contribution in [1.82, 2.24) is 19.5 Å². The van der Waals surface area contributed by atoms with Crippen LogP contribution in [0.15, 0.2) is 37.2 Å². The molecule has 11 N–H and O–H groups in total. The van der Waals surface area contributed by atoms with E-state index in [1.165, 1.54) is 29.1 Å². The van der Waals surface area contributed by atoms with Gasteiger partial charge in [-0.3, -0.25) is 22.9 Å². The van der Waals surface area contributed by atoms with E-state index in [0.29, 0.717) is 0 Å². The summed E-state index contributed by atoms with van der Waals surface area (Å²) >= 11 is 0. The molecule has 0 aliphatic carbocycles. The first-order valence-corrected chi connectivity index (χ1v) is 17.9. The molecule has 2 aliphatic rings. The first-order chi connectivity index (χ1) is 22.4. The Bertz CT molecular complexity index is 1820. The molecule has 0 spiro atoms. The number of fused-ring (bicyclic) bond motifs is 1. The van der Waals surface area contributed by atoms with Crippen molar-refractivity contribution in [2.45, 2.75) is 49.1 Å². The number of imidazole rings is 1. The number of aliphatic hydroxyl groups excluding tert-OH is 3. The molecule has 5 rings (SSSR count). The molecule has 1 radical (unpaired) electrons. The van der Waals surface area contributed by atoms with E-state index in [0.717, 1.165) is 17.2 Å². The Hall–Kier alpha value is -1.86. The molecule has 2 fully saturated rings. The molecule has 3 aromatic rings. The molecule has 5 heterocycles. The van der Waals surface area contributed by atoms with E-state index in [4.69, 9.17) is 25.5 Å². The van der Waals surface area contributed by atoms with Crippen LogP contribution in [0.4, 0.5) is 5.82 Å². The molecule has 0 saturated carbocycles. The summed E-state index contributed by atoms with van der Waals surface area (Å²) in [6.45, 7) is -2.08. The normalized spacial score (nSPS) is 29.7. The standard InChI is InChI=1S/C21H28N7O17P3.Na/c22-17-12-19(25-7-24-17)28(8-26-12)21-15(31)16(44-46(33,34)35)11(43-21)6-41-48(38,39)45-47(36,37)40-5-10-13(29)14(30)20(42-10)27-3-1-2-9(4-27)18(23)32;/h1-4,7-8,10-11,13-16,20-21,29-31H,5-6H2,(H7-,22,23,24,25,32,33,34,35,36,37,38,39);/p+1. The van der Waals surface area contributed by atoms with Gasteiger partial charge in [0.05, 0.1) is 19.5 Å². The van der Waals surface area contributed by atoms with Crippen molar-refractivity contribution >= 4 is 75.9 Å². The van der Waals surface area contributed by atoms with Gasteiger partial charge in [-0.2, -0.15) is 8.88 Å². The molecule has 2 saturated heterocycles. The maximum atomic E-state index is 12.6.